The van der Waals surface area contributed by atoms with Crippen LogP contribution in [-0.2, 0) is 4.79 Å². The maximum absolute atomic E-state index is 11.5. The zero-order chi connectivity index (χ0) is 14.8. The molecular weight excluding hydrogens is 375 g/mol. The van der Waals surface area contributed by atoms with Gasteiger partial charge in [-0.05, 0) is 42.7 Å². The number of hydrogen-bond donors (Lipinski definition) is 0. The second kappa shape index (κ2) is 6.65. The van der Waals surface area contributed by atoms with Crippen LogP contribution in [0, 0.1) is 0 Å². The summed E-state index contributed by atoms with van der Waals surface area (Å²) in [7, 11) is 0. The molecule has 1 aromatic carbocycles. The first-order valence-corrected chi connectivity index (χ1v) is 8.90. The van der Waals surface area contributed by atoms with Crippen molar-refractivity contribution in [1.82, 2.24) is 8.01 Å². The Balaban J connectivity index is 1.78. The van der Waals surface area contributed by atoms with Crippen molar-refractivity contribution in [2.45, 2.75) is 44.6 Å². The second-order valence-electron chi connectivity index (χ2n) is 6.19. The Morgan fingerprint density at radius 3 is 2.33 bits per heavy atom. The molecule has 2 aliphatic heterocycles. The number of piperidine rings is 1. The van der Waals surface area contributed by atoms with Gasteiger partial charge in [-0.1, -0.05) is 24.3 Å². The third-order valence-corrected chi connectivity index (χ3v) is 6.08. The van der Waals surface area contributed by atoms with Gasteiger partial charge in [0.25, 0.3) is 0 Å². The number of nitrogens with zero attached hydrogens (tertiary/aromatic N) is 2. The fraction of sp³-hybridized carbons (Fsp3) is 0.588. The standard InChI is InChI=1S/C17H23IN2O/c1-13(21)19-11-8-14(9-12-19)15-5-2-3-6-16(15)17-7-4-10-20(17)18/h2-3,5-6,14,17H,4,7-12H2,1H3/t17-/m1/s1. The molecule has 0 unspecified atom stereocenters. The maximum Gasteiger partial charge on any atom is 0.219 e. The van der Waals surface area contributed by atoms with Crippen LogP contribution in [0.3, 0.4) is 0 Å². The molecule has 3 nitrogen and oxygen atoms in total. The molecule has 0 bridgehead atoms. The van der Waals surface area contributed by atoms with Crippen LogP contribution in [0.1, 0.15) is 55.7 Å². The summed E-state index contributed by atoms with van der Waals surface area (Å²) in [5.74, 6) is 0.832. The summed E-state index contributed by atoms with van der Waals surface area (Å²) < 4.78 is 2.46. The van der Waals surface area contributed by atoms with Crippen LogP contribution in [0.5, 0.6) is 0 Å². The summed E-state index contributed by atoms with van der Waals surface area (Å²) in [5.41, 5.74) is 3.04. The average molecular weight is 398 g/mol. The van der Waals surface area contributed by atoms with Crippen LogP contribution in [0.25, 0.3) is 0 Å². The van der Waals surface area contributed by atoms with Gasteiger partial charge in [0, 0.05) is 55.5 Å². The third-order valence-electron chi connectivity index (χ3n) is 4.92. The Morgan fingerprint density at radius 1 is 1.10 bits per heavy atom. The number of carbonyl (C=O) groups is 1. The van der Waals surface area contributed by atoms with Gasteiger partial charge in [0.05, 0.1) is 0 Å². The molecule has 0 radical (unpaired) electrons. The summed E-state index contributed by atoms with van der Waals surface area (Å²) in [6.45, 7) is 4.70. The Kier molecular flexibility index (Phi) is 4.84. The zero-order valence-corrected chi connectivity index (χ0v) is 14.8. The van der Waals surface area contributed by atoms with Gasteiger partial charge in [-0.15, -0.1) is 0 Å². The Morgan fingerprint density at radius 2 is 1.76 bits per heavy atom. The molecule has 21 heavy (non-hydrogen) atoms. The van der Waals surface area contributed by atoms with E-state index in [2.05, 4.69) is 50.2 Å². The lowest BCUT2D eigenvalue weighted by Crippen LogP contribution is -2.36. The number of benzene rings is 1. The molecule has 1 amide bonds. The molecule has 0 aromatic heterocycles. The topological polar surface area (TPSA) is 23.6 Å². The lowest BCUT2D eigenvalue weighted by atomic mass is 9.84. The fourth-order valence-corrected chi connectivity index (χ4v) is 4.65. The molecule has 0 aliphatic carbocycles. The molecule has 1 atom stereocenters. The molecule has 0 spiro atoms. The van der Waals surface area contributed by atoms with Crippen molar-refractivity contribution in [2.24, 2.45) is 0 Å². The smallest absolute Gasteiger partial charge is 0.219 e. The number of hydrogen-bond acceptors (Lipinski definition) is 2. The molecule has 0 saturated carbocycles. The largest absolute Gasteiger partial charge is 0.343 e. The molecule has 114 valence electrons. The quantitative estimate of drug-likeness (QED) is 0.557. The first-order chi connectivity index (χ1) is 10.2. The molecule has 2 fully saturated rings. The lowest BCUT2D eigenvalue weighted by molar-refractivity contribution is -0.129. The summed E-state index contributed by atoms with van der Waals surface area (Å²) in [6.07, 6.45) is 4.77. The second-order valence-corrected chi connectivity index (χ2v) is 7.43. The monoisotopic (exact) mass is 398 g/mol. The van der Waals surface area contributed by atoms with Gasteiger partial charge < -0.3 is 4.90 Å². The molecule has 3 rings (SSSR count). The number of likely N-dealkylation sites (tertiary alicyclic amines) is 1. The SMILES string of the molecule is CC(=O)N1CCC(c2ccccc2[C@H]2CCCN2I)CC1. The zero-order valence-electron chi connectivity index (χ0n) is 12.6. The minimum absolute atomic E-state index is 0.218. The lowest BCUT2D eigenvalue weighted by Gasteiger charge is -2.33. The van der Waals surface area contributed by atoms with E-state index in [1.165, 1.54) is 30.5 Å². The van der Waals surface area contributed by atoms with Gasteiger partial charge in [0.15, 0.2) is 0 Å². The van der Waals surface area contributed by atoms with E-state index in [1.54, 1.807) is 6.92 Å². The highest BCUT2D eigenvalue weighted by Crippen LogP contribution is 2.40. The normalized spacial score (nSPS) is 24.5. The predicted octanol–water partition coefficient (Wildman–Crippen LogP) is 3.90. The van der Waals surface area contributed by atoms with Crippen LogP contribution >= 0.6 is 22.9 Å². The van der Waals surface area contributed by atoms with Crippen molar-refractivity contribution in [2.75, 3.05) is 19.6 Å². The summed E-state index contributed by atoms with van der Waals surface area (Å²) in [4.78, 5) is 13.5. The minimum atomic E-state index is 0.218. The van der Waals surface area contributed by atoms with Crippen LogP contribution in [0.2, 0.25) is 0 Å². The van der Waals surface area contributed by atoms with Crippen LogP contribution in [0.15, 0.2) is 24.3 Å². The highest BCUT2D eigenvalue weighted by Gasteiger charge is 2.29. The first kappa shape index (κ1) is 15.3. The molecule has 4 heteroatoms. The summed E-state index contributed by atoms with van der Waals surface area (Å²) >= 11 is 2.48. The maximum atomic E-state index is 11.5. The number of halogens is 1. The third kappa shape index (κ3) is 3.26. The van der Waals surface area contributed by atoms with Gasteiger partial charge in [0.2, 0.25) is 5.91 Å². The molecule has 2 aliphatic rings. The van der Waals surface area contributed by atoms with E-state index in [9.17, 15) is 4.79 Å². The van der Waals surface area contributed by atoms with E-state index in [1.807, 2.05) is 4.90 Å². The van der Waals surface area contributed by atoms with Gasteiger partial charge in [-0.2, -0.15) is 0 Å². The van der Waals surface area contributed by atoms with Gasteiger partial charge in [0.1, 0.15) is 0 Å². The van der Waals surface area contributed by atoms with E-state index >= 15 is 0 Å². The summed E-state index contributed by atoms with van der Waals surface area (Å²) in [5, 5.41) is 0. The average Bonchev–Trinajstić information content (AvgIpc) is 2.93. The predicted molar refractivity (Wildman–Crippen MR) is 93.4 cm³/mol. The van der Waals surface area contributed by atoms with E-state index in [-0.39, 0.29) is 5.91 Å². The van der Waals surface area contributed by atoms with Crippen molar-refractivity contribution in [3.8, 4) is 0 Å². The number of amides is 1. The van der Waals surface area contributed by atoms with E-state index < -0.39 is 0 Å². The van der Waals surface area contributed by atoms with Gasteiger partial charge >= 0.3 is 0 Å². The Labute approximate surface area is 141 Å². The summed E-state index contributed by atoms with van der Waals surface area (Å²) in [6, 6.07) is 9.54. The minimum Gasteiger partial charge on any atom is -0.343 e. The molecule has 2 heterocycles. The van der Waals surface area contributed by atoms with Crippen molar-refractivity contribution < 1.29 is 4.79 Å². The van der Waals surface area contributed by atoms with Crippen LogP contribution in [0.4, 0.5) is 0 Å². The Bertz CT molecular complexity index is 511. The fourth-order valence-electron chi connectivity index (χ4n) is 3.73. The van der Waals surface area contributed by atoms with Crippen molar-refractivity contribution >= 4 is 28.8 Å². The molecule has 1 aromatic rings. The van der Waals surface area contributed by atoms with Gasteiger partial charge in [-0.3, -0.25) is 4.79 Å². The first-order valence-electron chi connectivity index (χ1n) is 7.93. The van der Waals surface area contributed by atoms with Crippen molar-refractivity contribution in [1.29, 1.82) is 0 Å². The van der Waals surface area contributed by atoms with E-state index in [0.717, 1.165) is 25.9 Å². The molecule has 0 N–H and O–H groups in total. The Hall–Kier alpha value is -0.620. The van der Waals surface area contributed by atoms with Crippen LogP contribution in [-0.4, -0.2) is 33.6 Å². The van der Waals surface area contributed by atoms with Gasteiger partial charge in [-0.25, -0.2) is 3.11 Å². The van der Waals surface area contributed by atoms with E-state index in [0.29, 0.717) is 12.0 Å². The number of rotatable bonds is 2. The highest BCUT2D eigenvalue weighted by molar-refractivity contribution is 14.1. The molecule has 2 saturated heterocycles. The number of carbonyl (C=O) groups excluding carboxylic acids is 1. The highest BCUT2D eigenvalue weighted by atomic mass is 127. The van der Waals surface area contributed by atoms with E-state index in [4.69, 9.17) is 0 Å². The van der Waals surface area contributed by atoms with Crippen molar-refractivity contribution in [3.05, 3.63) is 35.4 Å². The van der Waals surface area contributed by atoms with Crippen molar-refractivity contribution in [3.63, 3.8) is 0 Å². The molecular formula is C17H23IN2O. The van der Waals surface area contributed by atoms with Crippen LogP contribution < -0.4 is 0 Å².